The zero-order valence-corrected chi connectivity index (χ0v) is 11.0. The van der Waals surface area contributed by atoms with Crippen LogP contribution in [-0.4, -0.2) is 41.5 Å². The number of benzene rings is 1. The molecule has 0 spiro atoms. The second-order valence-corrected chi connectivity index (χ2v) is 3.91. The lowest BCUT2D eigenvalue weighted by atomic mass is 10.3. The summed E-state index contributed by atoms with van der Waals surface area (Å²) in [7, 11) is 0. The Morgan fingerprint density at radius 1 is 1.42 bits per heavy atom. The Morgan fingerprint density at radius 2 is 2.11 bits per heavy atom. The molecule has 0 aromatic heterocycles. The van der Waals surface area contributed by atoms with Crippen LogP contribution in [0.1, 0.15) is 13.3 Å². The van der Waals surface area contributed by atoms with Crippen LogP contribution in [-0.2, 0) is 4.79 Å². The van der Waals surface area contributed by atoms with E-state index >= 15 is 0 Å². The van der Waals surface area contributed by atoms with E-state index in [4.69, 9.17) is 15.7 Å². The number of hydrogen-bond acceptors (Lipinski definition) is 4. The second kappa shape index (κ2) is 7.97. The van der Waals surface area contributed by atoms with Crippen LogP contribution < -0.4 is 10.5 Å². The minimum absolute atomic E-state index is 0.0131. The van der Waals surface area contributed by atoms with Crippen LogP contribution in [0.3, 0.4) is 0 Å². The van der Waals surface area contributed by atoms with Crippen molar-refractivity contribution in [2.45, 2.75) is 13.3 Å². The SMILES string of the molecule is CCN(CC(N)=NO)C(=O)CCOc1ccccc1. The monoisotopic (exact) mass is 265 g/mol. The third kappa shape index (κ3) is 5.29. The van der Waals surface area contributed by atoms with Gasteiger partial charge in [0.1, 0.15) is 5.75 Å². The number of ether oxygens (including phenoxy) is 1. The maximum atomic E-state index is 11.9. The summed E-state index contributed by atoms with van der Waals surface area (Å²) < 4.78 is 5.44. The molecule has 0 aliphatic carbocycles. The molecule has 0 aliphatic rings. The van der Waals surface area contributed by atoms with Gasteiger partial charge in [0.15, 0.2) is 5.84 Å². The van der Waals surface area contributed by atoms with Gasteiger partial charge in [0, 0.05) is 6.54 Å². The zero-order valence-electron chi connectivity index (χ0n) is 11.0. The van der Waals surface area contributed by atoms with Gasteiger partial charge in [0.2, 0.25) is 5.91 Å². The van der Waals surface area contributed by atoms with Gasteiger partial charge < -0.3 is 20.6 Å². The van der Waals surface area contributed by atoms with E-state index < -0.39 is 0 Å². The first kappa shape index (κ1) is 14.8. The summed E-state index contributed by atoms with van der Waals surface area (Å²) >= 11 is 0. The molecule has 1 rings (SSSR count). The predicted molar refractivity (Wildman–Crippen MR) is 72.2 cm³/mol. The molecule has 1 aromatic rings. The smallest absolute Gasteiger partial charge is 0.226 e. The van der Waals surface area contributed by atoms with Gasteiger partial charge in [-0.25, -0.2) is 0 Å². The van der Waals surface area contributed by atoms with Gasteiger partial charge in [0.05, 0.1) is 19.6 Å². The van der Waals surface area contributed by atoms with Crippen molar-refractivity contribution in [3.05, 3.63) is 30.3 Å². The standard InChI is InChI=1S/C13H19N3O3/c1-2-16(10-12(14)15-18)13(17)8-9-19-11-6-4-3-5-7-11/h3-7,18H,2,8-10H2,1H3,(H2,14,15). The molecule has 0 aliphatic heterocycles. The number of hydrogen-bond donors (Lipinski definition) is 2. The highest BCUT2D eigenvalue weighted by molar-refractivity contribution is 5.86. The molecule has 0 atom stereocenters. The Labute approximate surface area is 112 Å². The number of amidine groups is 1. The van der Waals surface area contributed by atoms with Crippen LogP contribution in [0.15, 0.2) is 35.5 Å². The Hall–Kier alpha value is -2.24. The van der Waals surface area contributed by atoms with E-state index in [0.717, 1.165) is 5.75 Å². The molecular weight excluding hydrogens is 246 g/mol. The number of amides is 1. The van der Waals surface area contributed by atoms with Gasteiger partial charge in [-0.3, -0.25) is 4.79 Å². The number of carbonyl (C=O) groups is 1. The highest BCUT2D eigenvalue weighted by Crippen LogP contribution is 2.08. The largest absolute Gasteiger partial charge is 0.493 e. The number of nitrogens with zero attached hydrogens (tertiary/aromatic N) is 2. The maximum absolute atomic E-state index is 11.9. The van der Waals surface area contributed by atoms with Crippen LogP contribution >= 0.6 is 0 Å². The molecule has 1 aromatic carbocycles. The Kier molecular flexibility index (Phi) is 6.21. The normalized spacial score (nSPS) is 11.1. The maximum Gasteiger partial charge on any atom is 0.226 e. The van der Waals surface area contributed by atoms with E-state index in [1.807, 2.05) is 37.3 Å². The fraction of sp³-hybridized carbons (Fsp3) is 0.385. The second-order valence-electron chi connectivity index (χ2n) is 3.91. The van der Waals surface area contributed by atoms with Crippen molar-refractivity contribution in [2.24, 2.45) is 10.9 Å². The van der Waals surface area contributed by atoms with Gasteiger partial charge in [-0.1, -0.05) is 23.4 Å². The van der Waals surface area contributed by atoms with Gasteiger partial charge in [-0.05, 0) is 19.1 Å². The summed E-state index contributed by atoms with van der Waals surface area (Å²) in [6.07, 6.45) is 0.251. The summed E-state index contributed by atoms with van der Waals surface area (Å²) in [5.41, 5.74) is 5.38. The molecule has 0 heterocycles. The molecule has 6 heteroatoms. The molecule has 19 heavy (non-hydrogen) atoms. The summed E-state index contributed by atoms with van der Waals surface area (Å²) in [6.45, 7) is 2.76. The molecule has 0 fully saturated rings. The van der Waals surface area contributed by atoms with E-state index in [2.05, 4.69) is 5.16 Å². The highest BCUT2D eigenvalue weighted by atomic mass is 16.5. The molecule has 0 saturated carbocycles. The van der Waals surface area contributed by atoms with Crippen LogP contribution in [0.25, 0.3) is 0 Å². The van der Waals surface area contributed by atoms with Crippen molar-refractivity contribution in [3.8, 4) is 5.75 Å². The Bertz CT molecular complexity index is 420. The molecule has 0 unspecified atom stereocenters. The topological polar surface area (TPSA) is 88.1 Å². The molecule has 0 bridgehead atoms. The minimum atomic E-state index is -0.0926. The van der Waals surface area contributed by atoms with Crippen molar-refractivity contribution in [1.82, 2.24) is 4.90 Å². The van der Waals surface area contributed by atoms with Crippen molar-refractivity contribution in [3.63, 3.8) is 0 Å². The number of nitrogens with two attached hydrogens (primary N) is 1. The average Bonchev–Trinajstić information content (AvgIpc) is 2.45. The van der Waals surface area contributed by atoms with Gasteiger partial charge >= 0.3 is 0 Å². The Morgan fingerprint density at radius 3 is 2.68 bits per heavy atom. The lowest BCUT2D eigenvalue weighted by Gasteiger charge is -2.20. The zero-order chi connectivity index (χ0) is 14.1. The summed E-state index contributed by atoms with van der Waals surface area (Å²) in [6, 6.07) is 9.30. The van der Waals surface area contributed by atoms with Crippen LogP contribution in [0, 0.1) is 0 Å². The van der Waals surface area contributed by atoms with Gasteiger partial charge in [-0.2, -0.15) is 0 Å². The summed E-state index contributed by atoms with van der Waals surface area (Å²) in [4.78, 5) is 13.4. The van der Waals surface area contributed by atoms with Crippen LogP contribution in [0.5, 0.6) is 5.75 Å². The average molecular weight is 265 g/mol. The molecule has 0 saturated heterocycles. The number of likely N-dealkylation sites (N-methyl/N-ethyl adjacent to an activating group) is 1. The molecule has 6 nitrogen and oxygen atoms in total. The third-order valence-electron chi connectivity index (χ3n) is 2.54. The fourth-order valence-corrected chi connectivity index (χ4v) is 1.53. The van der Waals surface area contributed by atoms with Crippen molar-refractivity contribution >= 4 is 11.7 Å². The van der Waals surface area contributed by atoms with E-state index in [1.165, 1.54) is 4.90 Å². The molecule has 0 radical (unpaired) electrons. The summed E-state index contributed by atoms with van der Waals surface area (Å²) in [5, 5.41) is 11.3. The Balaban J connectivity index is 2.37. The minimum Gasteiger partial charge on any atom is -0.493 e. The number of oxime groups is 1. The molecular formula is C13H19N3O3. The van der Waals surface area contributed by atoms with E-state index in [9.17, 15) is 4.79 Å². The first-order valence-corrected chi connectivity index (χ1v) is 6.09. The highest BCUT2D eigenvalue weighted by Gasteiger charge is 2.13. The van der Waals surface area contributed by atoms with E-state index in [0.29, 0.717) is 13.2 Å². The van der Waals surface area contributed by atoms with E-state index in [1.54, 1.807) is 0 Å². The first-order chi connectivity index (χ1) is 9.17. The van der Waals surface area contributed by atoms with Gasteiger partial charge in [0.25, 0.3) is 0 Å². The van der Waals surface area contributed by atoms with Crippen molar-refractivity contribution < 1.29 is 14.7 Å². The van der Waals surface area contributed by atoms with Crippen molar-refractivity contribution in [2.75, 3.05) is 19.7 Å². The lowest BCUT2D eigenvalue weighted by molar-refractivity contribution is -0.130. The first-order valence-electron chi connectivity index (χ1n) is 6.09. The van der Waals surface area contributed by atoms with Crippen molar-refractivity contribution in [1.29, 1.82) is 0 Å². The number of carbonyl (C=O) groups excluding carboxylic acids is 1. The lowest BCUT2D eigenvalue weighted by Crippen LogP contribution is -2.38. The molecule has 1 amide bonds. The third-order valence-corrected chi connectivity index (χ3v) is 2.54. The van der Waals surface area contributed by atoms with Gasteiger partial charge in [-0.15, -0.1) is 0 Å². The van der Waals surface area contributed by atoms with Crippen LogP contribution in [0.2, 0.25) is 0 Å². The van der Waals surface area contributed by atoms with Crippen LogP contribution in [0.4, 0.5) is 0 Å². The van der Waals surface area contributed by atoms with E-state index in [-0.39, 0.29) is 24.7 Å². The number of para-hydroxylation sites is 1. The predicted octanol–water partition coefficient (Wildman–Crippen LogP) is 1.05. The molecule has 3 N–H and O–H groups in total. The fourth-order valence-electron chi connectivity index (χ4n) is 1.53. The molecule has 104 valence electrons. The summed E-state index contributed by atoms with van der Waals surface area (Å²) in [5.74, 6) is 0.652. The number of rotatable bonds is 7. The quantitative estimate of drug-likeness (QED) is 0.334.